The number of rotatable bonds is 2. The fraction of sp³-hybridized carbons (Fsp3) is 0.0769. The van der Waals surface area contributed by atoms with Crippen molar-refractivity contribution >= 4 is 34.1 Å². The third-order valence-corrected chi connectivity index (χ3v) is 3.86. The van der Waals surface area contributed by atoms with Crippen molar-refractivity contribution in [2.75, 3.05) is 5.73 Å². The van der Waals surface area contributed by atoms with Crippen LogP contribution in [0.4, 0.5) is 18.9 Å². The molecule has 0 aliphatic rings. The number of carboxylic acids is 1. The number of anilines is 1. The molecule has 0 atom stereocenters. The second-order valence-electron chi connectivity index (χ2n) is 4.34. The highest BCUT2D eigenvalue weighted by Gasteiger charge is 2.35. The van der Waals surface area contributed by atoms with Gasteiger partial charge in [-0.05, 0) is 17.5 Å². The summed E-state index contributed by atoms with van der Waals surface area (Å²) < 4.78 is 43.7. The van der Waals surface area contributed by atoms with Gasteiger partial charge in [-0.25, -0.2) is 4.98 Å². The first-order valence-corrected chi connectivity index (χ1v) is 6.72. The van der Waals surface area contributed by atoms with E-state index in [-0.39, 0.29) is 16.6 Å². The van der Waals surface area contributed by atoms with E-state index in [1.807, 2.05) is 0 Å². The minimum absolute atomic E-state index is 0.0228. The van der Waals surface area contributed by atoms with Gasteiger partial charge in [-0.1, -0.05) is 6.07 Å². The number of pyridine rings is 1. The summed E-state index contributed by atoms with van der Waals surface area (Å²) in [5, 5.41) is 12.6. The molecule has 3 aromatic rings. The van der Waals surface area contributed by atoms with Gasteiger partial charge in [-0.15, -0.1) is 11.3 Å². The Balaban J connectivity index is 2.41. The first-order valence-electron chi connectivity index (χ1n) is 5.84. The summed E-state index contributed by atoms with van der Waals surface area (Å²) in [6.45, 7) is 0. The van der Waals surface area contributed by atoms with Crippen LogP contribution < -0.4 is 10.8 Å². The van der Waals surface area contributed by atoms with Crippen LogP contribution in [0.15, 0.2) is 28.0 Å². The molecule has 22 heavy (non-hydrogen) atoms. The molecule has 3 rings (SSSR count). The summed E-state index contributed by atoms with van der Waals surface area (Å²) in [4.78, 5) is 14.7. The van der Waals surface area contributed by atoms with E-state index in [4.69, 9.17) is 10.2 Å². The van der Waals surface area contributed by atoms with Crippen molar-refractivity contribution in [1.29, 1.82) is 0 Å². The molecule has 0 aliphatic carbocycles. The van der Waals surface area contributed by atoms with Gasteiger partial charge in [0.05, 0.1) is 11.1 Å². The zero-order chi connectivity index (χ0) is 16.1. The van der Waals surface area contributed by atoms with E-state index in [1.54, 1.807) is 17.5 Å². The van der Waals surface area contributed by atoms with Gasteiger partial charge in [-0.2, -0.15) is 13.2 Å². The molecule has 0 fully saturated rings. The van der Waals surface area contributed by atoms with E-state index in [0.29, 0.717) is 4.88 Å². The van der Waals surface area contributed by atoms with Crippen LogP contribution in [-0.4, -0.2) is 11.0 Å². The molecule has 3 heterocycles. The van der Waals surface area contributed by atoms with Crippen LogP contribution in [0.3, 0.4) is 0 Å². The van der Waals surface area contributed by atoms with Crippen LogP contribution in [0.1, 0.15) is 16.2 Å². The Morgan fingerprint density at radius 1 is 1.41 bits per heavy atom. The molecule has 0 saturated heterocycles. The maximum Gasteiger partial charge on any atom is 0.433 e. The standard InChI is InChI=1S/C13H7F3N2O3S/c14-13(15,16)7-4-5(6-2-1-3-22-6)8-9(17)10(12(19)20)21-11(8)18-7/h1-4H,17H2,(H,19,20)/p-1. The number of hydrogen-bond donors (Lipinski definition) is 1. The highest BCUT2D eigenvalue weighted by atomic mass is 32.1. The van der Waals surface area contributed by atoms with Crippen molar-refractivity contribution < 1.29 is 27.5 Å². The van der Waals surface area contributed by atoms with Crippen molar-refractivity contribution in [2.24, 2.45) is 0 Å². The SMILES string of the molecule is Nc1c(C(=O)[O-])oc2nc(C(F)(F)F)cc(-c3cccs3)c12. The number of nitrogen functional groups attached to an aromatic ring is 1. The van der Waals surface area contributed by atoms with Crippen LogP contribution in [0.25, 0.3) is 21.5 Å². The van der Waals surface area contributed by atoms with Crippen molar-refractivity contribution in [2.45, 2.75) is 6.18 Å². The van der Waals surface area contributed by atoms with E-state index >= 15 is 0 Å². The Hall–Kier alpha value is -2.55. The number of furan rings is 1. The first kappa shape index (κ1) is 14.4. The number of nitrogens with two attached hydrogens (primary N) is 1. The minimum Gasteiger partial charge on any atom is -0.541 e. The molecule has 0 amide bonds. The van der Waals surface area contributed by atoms with Gasteiger partial charge in [0.2, 0.25) is 5.71 Å². The van der Waals surface area contributed by atoms with Gasteiger partial charge in [-0.3, -0.25) is 0 Å². The summed E-state index contributed by atoms with van der Waals surface area (Å²) in [5.74, 6) is -2.46. The number of aromatic nitrogens is 1. The number of carbonyl (C=O) groups excluding carboxylic acids is 1. The van der Waals surface area contributed by atoms with Crippen LogP contribution >= 0.6 is 11.3 Å². The summed E-state index contributed by atoms with van der Waals surface area (Å²) >= 11 is 1.18. The molecular weight excluding hydrogens is 321 g/mol. The topological polar surface area (TPSA) is 92.2 Å². The van der Waals surface area contributed by atoms with Gasteiger partial charge in [0.25, 0.3) is 0 Å². The highest BCUT2D eigenvalue weighted by molar-refractivity contribution is 7.13. The number of hydrogen-bond acceptors (Lipinski definition) is 6. The molecule has 5 nitrogen and oxygen atoms in total. The molecule has 0 bridgehead atoms. The van der Waals surface area contributed by atoms with Crippen LogP contribution in [-0.2, 0) is 6.18 Å². The number of halogens is 3. The molecule has 0 aromatic carbocycles. The molecule has 3 aromatic heterocycles. The summed E-state index contributed by atoms with van der Waals surface area (Å²) in [6, 6.07) is 4.05. The minimum atomic E-state index is -4.70. The number of thiophene rings is 1. The normalized spacial score (nSPS) is 12.0. The van der Waals surface area contributed by atoms with E-state index in [1.165, 1.54) is 11.3 Å². The third-order valence-electron chi connectivity index (χ3n) is 2.96. The fourth-order valence-corrected chi connectivity index (χ4v) is 2.79. The number of carboxylic acid groups (broad SMARTS) is 1. The van der Waals surface area contributed by atoms with Gasteiger partial charge in [0, 0.05) is 10.4 Å². The monoisotopic (exact) mass is 327 g/mol. The van der Waals surface area contributed by atoms with Gasteiger partial charge in [0.15, 0.2) is 5.76 Å². The Bertz CT molecular complexity index is 869. The number of aromatic carboxylic acids is 1. The Morgan fingerprint density at radius 3 is 2.68 bits per heavy atom. The van der Waals surface area contributed by atoms with Crippen molar-refractivity contribution in [3.63, 3.8) is 0 Å². The molecule has 0 unspecified atom stereocenters. The van der Waals surface area contributed by atoms with Crippen LogP contribution in [0.2, 0.25) is 0 Å². The second kappa shape index (κ2) is 4.73. The zero-order valence-electron chi connectivity index (χ0n) is 10.6. The zero-order valence-corrected chi connectivity index (χ0v) is 11.4. The molecule has 0 spiro atoms. The predicted octanol–water partition coefficient (Wildman–Crippen LogP) is 2.52. The van der Waals surface area contributed by atoms with Gasteiger partial charge in [0.1, 0.15) is 11.7 Å². The Morgan fingerprint density at radius 2 is 2.14 bits per heavy atom. The van der Waals surface area contributed by atoms with Gasteiger partial charge >= 0.3 is 6.18 Å². The number of nitrogens with zero attached hydrogens (tertiary/aromatic N) is 1. The average molecular weight is 327 g/mol. The first-order chi connectivity index (χ1) is 10.3. The maximum absolute atomic E-state index is 12.9. The fourth-order valence-electron chi connectivity index (χ4n) is 2.04. The molecule has 0 aliphatic heterocycles. The van der Waals surface area contributed by atoms with E-state index in [9.17, 15) is 23.1 Å². The average Bonchev–Trinajstić information content (AvgIpc) is 3.05. The summed E-state index contributed by atoms with van der Waals surface area (Å²) in [7, 11) is 0. The molecule has 0 saturated carbocycles. The molecule has 0 radical (unpaired) electrons. The van der Waals surface area contributed by atoms with Crippen LogP contribution in [0.5, 0.6) is 0 Å². The smallest absolute Gasteiger partial charge is 0.433 e. The van der Waals surface area contributed by atoms with Gasteiger partial charge < -0.3 is 20.1 Å². The summed E-state index contributed by atoms with van der Waals surface area (Å²) in [5.41, 5.74) is 3.80. The summed E-state index contributed by atoms with van der Waals surface area (Å²) in [6.07, 6.45) is -4.70. The number of fused-ring (bicyclic) bond motifs is 1. The molecule has 2 N–H and O–H groups in total. The molecule has 9 heteroatoms. The molecule has 114 valence electrons. The number of alkyl halides is 3. The van der Waals surface area contributed by atoms with Crippen LogP contribution in [0, 0.1) is 0 Å². The number of carbonyl (C=O) groups is 1. The lowest BCUT2D eigenvalue weighted by Gasteiger charge is -2.08. The largest absolute Gasteiger partial charge is 0.541 e. The molecular formula is C13H6F3N2O3S-. The highest BCUT2D eigenvalue weighted by Crippen LogP contribution is 2.40. The van der Waals surface area contributed by atoms with E-state index in [0.717, 1.165) is 6.07 Å². The Labute approximate surface area is 124 Å². The van der Waals surface area contributed by atoms with E-state index in [2.05, 4.69) is 4.98 Å². The second-order valence-corrected chi connectivity index (χ2v) is 5.29. The Kier molecular flexibility index (Phi) is 3.10. The van der Waals surface area contributed by atoms with Crippen molar-refractivity contribution in [3.05, 3.63) is 35.0 Å². The lowest BCUT2D eigenvalue weighted by molar-refractivity contribution is -0.256. The van der Waals surface area contributed by atoms with E-state index < -0.39 is 29.3 Å². The lowest BCUT2D eigenvalue weighted by Crippen LogP contribution is -2.22. The lowest BCUT2D eigenvalue weighted by atomic mass is 10.1. The third kappa shape index (κ3) is 2.19. The van der Waals surface area contributed by atoms with Crippen molar-refractivity contribution in [1.82, 2.24) is 4.98 Å². The quantitative estimate of drug-likeness (QED) is 0.781. The maximum atomic E-state index is 12.9. The predicted molar refractivity (Wildman–Crippen MR) is 71.1 cm³/mol. The van der Waals surface area contributed by atoms with Crippen molar-refractivity contribution in [3.8, 4) is 10.4 Å².